The third-order valence-electron chi connectivity index (χ3n) is 3.88. The van der Waals surface area contributed by atoms with Crippen molar-refractivity contribution < 1.29 is 35.5 Å². The second kappa shape index (κ2) is 8.24. The lowest BCUT2D eigenvalue weighted by Gasteiger charge is -2.13. The zero-order valence-electron chi connectivity index (χ0n) is 15.2. The van der Waals surface area contributed by atoms with E-state index in [4.69, 9.17) is 0 Å². The van der Waals surface area contributed by atoms with Gasteiger partial charge in [0.15, 0.2) is 5.69 Å². The number of nitrogens with one attached hydrogen (secondary N) is 2. The molecule has 31 heavy (non-hydrogen) atoms. The molecule has 0 radical (unpaired) electrons. The van der Waals surface area contributed by atoms with Gasteiger partial charge in [0.05, 0.1) is 29.8 Å². The van der Waals surface area contributed by atoms with E-state index < -0.39 is 47.8 Å². The molecular formula is C18H12F7N5O. The van der Waals surface area contributed by atoms with Crippen molar-refractivity contribution in [3.05, 3.63) is 71.6 Å². The highest BCUT2D eigenvalue weighted by molar-refractivity contribution is 5.89. The first-order valence-corrected chi connectivity index (χ1v) is 8.44. The van der Waals surface area contributed by atoms with Crippen molar-refractivity contribution >= 4 is 11.7 Å². The summed E-state index contributed by atoms with van der Waals surface area (Å²) in [4.78, 5) is 15.3. The fourth-order valence-corrected chi connectivity index (χ4v) is 2.56. The Bertz CT molecular complexity index is 1070. The van der Waals surface area contributed by atoms with Gasteiger partial charge >= 0.3 is 18.4 Å². The third-order valence-corrected chi connectivity index (χ3v) is 3.88. The Morgan fingerprint density at radius 3 is 2.26 bits per heavy atom. The number of carbonyl (C=O) groups excluding carboxylic acids is 1. The van der Waals surface area contributed by atoms with Crippen LogP contribution in [-0.4, -0.2) is 20.8 Å². The van der Waals surface area contributed by atoms with Gasteiger partial charge in [0.1, 0.15) is 11.5 Å². The average Bonchev–Trinajstić information content (AvgIpc) is 3.10. The number of anilines is 1. The molecule has 0 saturated carbocycles. The van der Waals surface area contributed by atoms with Gasteiger partial charge < -0.3 is 10.6 Å². The van der Waals surface area contributed by atoms with Gasteiger partial charge in [0.25, 0.3) is 0 Å². The normalized spacial score (nSPS) is 12.0. The summed E-state index contributed by atoms with van der Waals surface area (Å²) in [5.74, 6) is -0.662. The Hall–Kier alpha value is -3.64. The number of nitrogens with zero attached hydrogens (tertiary/aromatic N) is 3. The number of pyridine rings is 1. The van der Waals surface area contributed by atoms with Crippen molar-refractivity contribution in [2.45, 2.75) is 18.9 Å². The van der Waals surface area contributed by atoms with Gasteiger partial charge in [-0.25, -0.2) is 18.9 Å². The lowest BCUT2D eigenvalue weighted by molar-refractivity contribution is -0.142. The first kappa shape index (κ1) is 22.1. The highest BCUT2D eigenvalue weighted by atomic mass is 19.4. The number of carbonyl (C=O) groups is 1. The van der Waals surface area contributed by atoms with E-state index in [-0.39, 0.29) is 11.4 Å². The lowest BCUT2D eigenvalue weighted by Crippen LogP contribution is -2.29. The predicted molar refractivity (Wildman–Crippen MR) is 93.6 cm³/mol. The van der Waals surface area contributed by atoms with Crippen LogP contribution in [0.2, 0.25) is 0 Å². The smallest absolute Gasteiger partial charge is 0.332 e. The Kier molecular flexibility index (Phi) is 5.86. The van der Waals surface area contributed by atoms with Crippen molar-refractivity contribution in [1.29, 1.82) is 0 Å². The van der Waals surface area contributed by atoms with E-state index in [1.165, 1.54) is 6.07 Å². The van der Waals surface area contributed by atoms with Gasteiger partial charge in [-0.05, 0) is 36.4 Å². The zero-order valence-corrected chi connectivity index (χ0v) is 15.2. The molecule has 6 nitrogen and oxygen atoms in total. The van der Waals surface area contributed by atoms with Crippen LogP contribution in [0.25, 0.3) is 5.69 Å². The minimum Gasteiger partial charge on any atom is -0.332 e. The Balaban J connectivity index is 1.77. The molecule has 2 heterocycles. The molecule has 2 N–H and O–H groups in total. The molecule has 1 aromatic carbocycles. The van der Waals surface area contributed by atoms with Gasteiger partial charge in [-0.2, -0.15) is 31.4 Å². The van der Waals surface area contributed by atoms with Crippen LogP contribution >= 0.6 is 0 Å². The monoisotopic (exact) mass is 447 g/mol. The Morgan fingerprint density at radius 1 is 0.968 bits per heavy atom. The fraction of sp³-hybridized carbons (Fsp3) is 0.167. The highest BCUT2D eigenvalue weighted by Crippen LogP contribution is 2.36. The van der Waals surface area contributed by atoms with E-state index in [0.29, 0.717) is 4.68 Å². The topological polar surface area (TPSA) is 71.8 Å². The van der Waals surface area contributed by atoms with Gasteiger partial charge in [0, 0.05) is 0 Å². The van der Waals surface area contributed by atoms with Gasteiger partial charge in [-0.1, -0.05) is 6.07 Å². The first-order valence-electron chi connectivity index (χ1n) is 8.44. The van der Waals surface area contributed by atoms with Crippen LogP contribution in [0.15, 0.2) is 48.7 Å². The van der Waals surface area contributed by atoms with Crippen molar-refractivity contribution in [2.75, 3.05) is 5.32 Å². The molecule has 13 heteroatoms. The molecule has 0 saturated heterocycles. The number of rotatable bonds is 4. The van der Waals surface area contributed by atoms with Crippen LogP contribution < -0.4 is 10.6 Å². The molecule has 2 aromatic heterocycles. The molecule has 0 bridgehead atoms. The minimum absolute atomic E-state index is 0.102. The van der Waals surface area contributed by atoms with E-state index in [1.54, 1.807) is 0 Å². The largest absolute Gasteiger partial charge is 0.435 e. The Labute approximate surface area is 169 Å². The van der Waals surface area contributed by atoms with E-state index in [1.807, 2.05) is 5.32 Å². The maximum atomic E-state index is 13.5. The quantitative estimate of drug-likeness (QED) is 0.567. The Morgan fingerprint density at radius 2 is 1.65 bits per heavy atom. The van der Waals surface area contributed by atoms with Crippen LogP contribution in [-0.2, 0) is 18.9 Å². The second-order valence-corrected chi connectivity index (χ2v) is 6.11. The van der Waals surface area contributed by atoms with E-state index >= 15 is 0 Å². The number of amides is 2. The molecule has 3 rings (SSSR count). The molecular weight excluding hydrogens is 435 g/mol. The summed E-state index contributed by atoms with van der Waals surface area (Å²) in [7, 11) is 0. The molecule has 0 aliphatic carbocycles. The zero-order chi connectivity index (χ0) is 22.8. The van der Waals surface area contributed by atoms with Crippen molar-refractivity contribution in [3.63, 3.8) is 0 Å². The third kappa shape index (κ3) is 5.29. The molecule has 0 fully saturated rings. The average molecular weight is 447 g/mol. The number of urea groups is 1. The summed E-state index contributed by atoms with van der Waals surface area (Å²) in [6.45, 7) is -0.469. The maximum absolute atomic E-state index is 13.5. The predicted octanol–water partition coefficient (Wildman–Crippen LogP) is 4.77. The minimum atomic E-state index is -4.93. The second-order valence-electron chi connectivity index (χ2n) is 6.11. The molecule has 2 amide bonds. The number of benzene rings is 1. The molecule has 3 aromatic rings. The van der Waals surface area contributed by atoms with E-state index in [9.17, 15) is 35.5 Å². The summed E-state index contributed by atoms with van der Waals surface area (Å²) < 4.78 is 92.2. The number of alkyl halides is 6. The fourth-order valence-electron chi connectivity index (χ4n) is 2.56. The summed E-state index contributed by atoms with van der Waals surface area (Å²) in [6, 6.07) is 5.94. The van der Waals surface area contributed by atoms with Crippen LogP contribution in [0.1, 0.15) is 17.1 Å². The van der Waals surface area contributed by atoms with E-state index in [0.717, 1.165) is 42.6 Å². The number of hydrogen-bond acceptors (Lipinski definition) is 3. The molecule has 0 atom stereocenters. The summed E-state index contributed by atoms with van der Waals surface area (Å²) in [5.41, 5.74) is -3.46. The molecule has 164 valence electrons. The van der Waals surface area contributed by atoms with Crippen LogP contribution in [0, 0.1) is 5.82 Å². The SMILES string of the molecule is O=C(NCc1cccc(C(F)(F)F)n1)Nc1cnn(-c2ccc(F)cc2)c1C(F)(F)F. The number of aromatic nitrogens is 3. The number of hydrogen-bond donors (Lipinski definition) is 2. The van der Waals surface area contributed by atoms with Crippen LogP contribution in [0.3, 0.4) is 0 Å². The van der Waals surface area contributed by atoms with Gasteiger partial charge in [-0.15, -0.1) is 0 Å². The van der Waals surface area contributed by atoms with Crippen molar-refractivity contribution in [1.82, 2.24) is 20.1 Å². The molecule has 0 unspecified atom stereocenters. The van der Waals surface area contributed by atoms with Crippen LogP contribution in [0.4, 0.5) is 41.2 Å². The summed E-state index contributed by atoms with van der Waals surface area (Å²) in [5, 5.41) is 7.67. The number of halogens is 7. The van der Waals surface area contributed by atoms with Crippen LogP contribution in [0.5, 0.6) is 0 Å². The highest BCUT2D eigenvalue weighted by Gasteiger charge is 2.39. The molecule has 0 aliphatic heterocycles. The van der Waals surface area contributed by atoms with Crippen molar-refractivity contribution in [2.24, 2.45) is 0 Å². The van der Waals surface area contributed by atoms with Gasteiger partial charge in [-0.3, -0.25) is 0 Å². The lowest BCUT2D eigenvalue weighted by atomic mass is 10.3. The van der Waals surface area contributed by atoms with Crippen molar-refractivity contribution in [3.8, 4) is 5.69 Å². The molecule has 0 aliphatic rings. The molecule has 0 spiro atoms. The standard InChI is InChI=1S/C18H12F7N5O/c19-10-4-6-12(7-5-10)30-15(18(23,24)25)13(9-27-30)29-16(31)26-8-11-2-1-3-14(28-11)17(20,21)22/h1-7,9H,8H2,(H2,26,29,31). The van der Waals surface area contributed by atoms with Gasteiger partial charge in [0.2, 0.25) is 0 Å². The first-order chi connectivity index (χ1) is 14.4. The van der Waals surface area contributed by atoms with E-state index in [2.05, 4.69) is 15.4 Å². The maximum Gasteiger partial charge on any atom is 0.435 e. The summed E-state index contributed by atoms with van der Waals surface area (Å²) >= 11 is 0. The summed E-state index contributed by atoms with van der Waals surface area (Å²) in [6.07, 6.45) is -8.88.